The van der Waals surface area contributed by atoms with Crippen LogP contribution in [0.3, 0.4) is 0 Å². The minimum atomic E-state index is -1.00. The normalized spacial score (nSPS) is 12.4. The molecule has 17 heavy (non-hydrogen) atoms. The fraction of sp³-hybridized carbons (Fsp3) is 0.167. The van der Waals surface area contributed by atoms with Crippen LogP contribution in [0.1, 0.15) is 17.4 Å². The lowest BCUT2D eigenvalue weighted by atomic mass is 10.1. The zero-order valence-electron chi connectivity index (χ0n) is 8.85. The predicted molar refractivity (Wildman–Crippen MR) is 57.1 cm³/mol. The van der Waals surface area contributed by atoms with E-state index in [1.54, 1.807) is 0 Å². The van der Waals surface area contributed by atoms with E-state index in [-0.39, 0.29) is 12.0 Å². The quantitative estimate of drug-likeness (QED) is 0.886. The van der Waals surface area contributed by atoms with Gasteiger partial charge in [0.25, 0.3) is 0 Å². The fourth-order valence-corrected chi connectivity index (χ4v) is 1.50. The third-order valence-corrected chi connectivity index (χ3v) is 2.37. The van der Waals surface area contributed by atoms with Crippen LogP contribution in [0.25, 0.3) is 0 Å². The van der Waals surface area contributed by atoms with Gasteiger partial charge in [-0.15, -0.1) is 0 Å². The lowest BCUT2D eigenvalue weighted by molar-refractivity contribution is 0.171. The van der Waals surface area contributed by atoms with Crippen LogP contribution in [0.4, 0.5) is 8.78 Å². The van der Waals surface area contributed by atoms with Gasteiger partial charge in [-0.2, -0.15) is 0 Å². The van der Waals surface area contributed by atoms with Gasteiger partial charge in [-0.05, 0) is 11.6 Å². The van der Waals surface area contributed by atoms with Gasteiger partial charge in [0.2, 0.25) is 0 Å². The summed E-state index contributed by atoms with van der Waals surface area (Å²) in [6, 6.07) is 3.86. The Morgan fingerprint density at radius 1 is 1.24 bits per heavy atom. The van der Waals surface area contributed by atoms with Crippen LogP contribution in [-0.2, 0) is 6.42 Å². The maximum Gasteiger partial charge on any atom is 0.162 e. The van der Waals surface area contributed by atoms with E-state index in [9.17, 15) is 13.9 Å². The number of aliphatic hydroxyl groups excluding tert-OH is 1. The van der Waals surface area contributed by atoms with Gasteiger partial charge >= 0.3 is 0 Å². The first-order chi connectivity index (χ1) is 8.18. The van der Waals surface area contributed by atoms with Gasteiger partial charge < -0.3 is 5.11 Å². The summed E-state index contributed by atoms with van der Waals surface area (Å²) >= 11 is 0. The minimum absolute atomic E-state index is 0.0394. The molecule has 0 spiro atoms. The number of aromatic nitrogens is 2. The van der Waals surface area contributed by atoms with Crippen molar-refractivity contribution in [2.24, 2.45) is 0 Å². The van der Waals surface area contributed by atoms with Crippen LogP contribution in [-0.4, -0.2) is 15.1 Å². The van der Waals surface area contributed by atoms with Crippen molar-refractivity contribution in [3.8, 4) is 0 Å². The SMILES string of the molecule is OC(Cc1cccc(F)c1F)c1cnccn1. The van der Waals surface area contributed by atoms with Gasteiger partial charge in [0, 0.05) is 18.8 Å². The highest BCUT2D eigenvalue weighted by molar-refractivity contribution is 5.21. The summed E-state index contributed by atoms with van der Waals surface area (Å²) in [5.41, 5.74) is 0.444. The maximum absolute atomic E-state index is 13.4. The second kappa shape index (κ2) is 4.97. The molecule has 1 N–H and O–H groups in total. The molecule has 0 aliphatic carbocycles. The molecule has 0 aliphatic rings. The maximum atomic E-state index is 13.4. The van der Waals surface area contributed by atoms with Crippen molar-refractivity contribution in [3.05, 3.63) is 59.7 Å². The zero-order chi connectivity index (χ0) is 12.3. The Labute approximate surface area is 96.8 Å². The largest absolute Gasteiger partial charge is 0.386 e. The first kappa shape index (κ1) is 11.6. The topological polar surface area (TPSA) is 46.0 Å². The van der Waals surface area contributed by atoms with Crippen molar-refractivity contribution in [3.63, 3.8) is 0 Å². The Bertz CT molecular complexity index is 505. The van der Waals surface area contributed by atoms with Crippen molar-refractivity contribution < 1.29 is 13.9 Å². The fourth-order valence-electron chi connectivity index (χ4n) is 1.50. The monoisotopic (exact) mass is 236 g/mol. The van der Waals surface area contributed by atoms with Crippen LogP contribution in [0, 0.1) is 11.6 Å². The molecule has 0 saturated heterocycles. The zero-order valence-corrected chi connectivity index (χ0v) is 8.85. The smallest absolute Gasteiger partial charge is 0.162 e. The molecule has 2 aromatic rings. The molecule has 88 valence electrons. The van der Waals surface area contributed by atoms with Crippen LogP contribution >= 0.6 is 0 Å². The summed E-state index contributed by atoms with van der Waals surface area (Å²) in [5.74, 6) is -1.86. The molecule has 0 fully saturated rings. The van der Waals surface area contributed by atoms with E-state index in [1.807, 2.05) is 0 Å². The van der Waals surface area contributed by atoms with E-state index in [0.29, 0.717) is 5.69 Å². The first-order valence-electron chi connectivity index (χ1n) is 5.05. The molecular formula is C12H10F2N2O. The molecule has 0 radical (unpaired) electrons. The van der Waals surface area contributed by atoms with Crippen molar-refractivity contribution in [2.45, 2.75) is 12.5 Å². The van der Waals surface area contributed by atoms with Crippen LogP contribution in [0.15, 0.2) is 36.8 Å². The Morgan fingerprint density at radius 3 is 2.76 bits per heavy atom. The van der Waals surface area contributed by atoms with Crippen molar-refractivity contribution in [2.75, 3.05) is 0 Å². The molecule has 1 unspecified atom stereocenters. The molecule has 2 rings (SSSR count). The number of hydrogen-bond donors (Lipinski definition) is 1. The minimum Gasteiger partial charge on any atom is -0.386 e. The van der Waals surface area contributed by atoms with Gasteiger partial charge in [0.05, 0.1) is 11.9 Å². The standard InChI is InChI=1S/C12H10F2N2O/c13-9-3-1-2-8(12(9)14)6-11(17)10-7-15-4-5-16-10/h1-5,7,11,17H,6H2. The Hall–Kier alpha value is -1.88. The average Bonchev–Trinajstić information content (AvgIpc) is 2.36. The summed E-state index contributed by atoms with van der Waals surface area (Å²) in [5, 5.41) is 9.80. The van der Waals surface area contributed by atoms with Gasteiger partial charge in [0.15, 0.2) is 11.6 Å². The molecule has 0 saturated carbocycles. The van der Waals surface area contributed by atoms with Crippen LogP contribution < -0.4 is 0 Å². The number of aliphatic hydroxyl groups is 1. The van der Waals surface area contributed by atoms with Crippen molar-refractivity contribution in [1.82, 2.24) is 9.97 Å². The van der Waals surface area contributed by atoms with Gasteiger partial charge in [-0.25, -0.2) is 8.78 Å². The van der Waals surface area contributed by atoms with Gasteiger partial charge in [-0.1, -0.05) is 12.1 Å². The summed E-state index contributed by atoms with van der Waals surface area (Å²) in [6.45, 7) is 0. The summed E-state index contributed by atoms with van der Waals surface area (Å²) in [7, 11) is 0. The number of hydrogen-bond acceptors (Lipinski definition) is 3. The van der Waals surface area contributed by atoms with E-state index in [0.717, 1.165) is 6.07 Å². The number of halogens is 2. The summed E-state index contributed by atoms with van der Waals surface area (Å²) in [6.07, 6.45) is 3.25. The molecule has 3 nitrogen and oxygen atoms in total. The van der Waals surface area contributed by atoms with E-state index in [2.05, 4.69) is 9.97 Å². The van der Waals surface area contributed by atoms with E-state index >= 15 is 0 Å². The molecule has 0 amide bonds. The highest BCUT2D eigenvalue weighted by atomic mass is 19.2. The van der Waals surface area contributed by atoms with Crippen LogP contribution in [0.2, 0.25) is 0 Å². The first-order valence-corrected chi connectivity index (χ1v) is 5.05. The summed E-state index contributed by atoms with van der Waals surface area (Å²) in [4.78, 5) is 7.70. The second-order valence-corrected chi connectivity index (χ2v) is 3.56. The Morgan fingerprint density at radius 2 is 2.06 bits per heavy atom. The number of nitrogens with zero attached hydrogens (tertiary/aromatic N) is 2. The van der Waals surface area contributed by atoms with Gasteiger partial charge in [0.1, 0.15) is 6.10 Å². The number of rotatable bonds is 3. The molecule has 5 heteroatoms. The summed E-state index contributed by atoms with van der Waals surface area (Å²) < 4.78 is 26.3. The lowest BCUT2D eigenvalue weighted by Crippen LogP contribution is -2.06. The van der Waals surface area contributed by atoms with Crippen molar-refractivity contribution >= 4 is 0 Å². The third-order valence-electron chi connectivity index (χ3n) is 2.37. The molecular weight excluding hydrogens is 226 g/mol. The molecule has 1 atom stereocenters. The van der Waals surface area contributed by atoms with Gasteiger partial charge in [-0.3, -0.25) is 9.97 Å². The lowest BCUT2D eigenvalue weighted by Gasteiger charge is -2.10. The molecule has 0 aliphatic heterocycles. The van der Waals surface area contributed by atoms with Crippen LogP contribution in [0.5, 0.6) is 0 Å². The van der Waals surface area contributed by atoms with E-state index < -0.39 is 17.7 Å². The second-order valence-electron chi connectivity index (χ2n) is 3.56. The average molecular weight is 236 g/mol. The molecule has 1 heterocycles. The molecule has 1 aromatic carbocycles. The molecule has 0 bridgehead atoms. The van der Waals surface area contributed by atoms with E-state index in [4.69, 9.17) is 0 Å². The van der Waals surface area contributed by atoms with E-state index in [1.165, 1.54) is 30.7 Å². The van der Waals surface area contributed by atoms with Crippen molar-refractivity contribution in [1.29, 1.82) is 0 Å². The third kappa shape index (κ3) is 2.62. The Kier molecular flexibility index (Phi) is 3.39. The predicted octanol–water partition coefficient (Wildman–Crippen LogP) is 2.03. The molecule has 1 aromatic heterocycles. The highest BCUT2D eigenvalue weighted by Crippen LogP contribution is 2.19. The number of benzene rings is 1. The Balaban J connectivity index is 2.19. The highest BCUT2D eigenvalue weighted by Gasteiger charge is 2.14.